The second kappa shape index (κ2) is 9.06. The van der Waals surface area contributed by atoms with Crippen molar-refractivity contribution in [3.63, 3.8) is 0 Å². The molecule has 0 aromatic heterocycles. The molecule has 3 rings (SSSR count). The number of likely N-dealkylation sites (N-methyl/N-ethyl adjacent to an activating group) is 1. The van der Waals surface area contributed by atoms with Crippen molar-refractivity contribution in [2.24, 2.45) is 5.16 Å². The first kappa shape index (κ1) is 22.8. The first-order valence-corrected chi connectivity index (χ1v) is 11.6. The van der Waals surface area contributed by atoms with E-state index < -0.39 is 40.7 Å². The number of carboxylic acids is 1. The van der Waals surface area contributed by atoms with Crippen molar-refractivity contribution in [1.82, 2.24) is 10.2 Å². The predicted molar refractivity (Wildman–Crippen MR) is 110 cm³/mol. The standard InChI is InChI=1S/C18H23BrN4O6S/c1-23(5-3-4-6-23)8-10-9-30-17-13(16(26)22(17)14(10)18(27)28)20-15(25)12(21-29-2)11(24)7-19/h13,17H,3-9H2,1-2H3,(H-,20,25,27,28)/b21-12-/t13-,17-/m1/s1. The van der Waals surface area contributed by atoms with Crippen LogP contribution >= 0.6 is 27.7 Å². The number of carbonyl (C=O) groups is 4. The van der Waals surface area contributed by atoms with Crippen molar-refractivity contribution >= 4 is 57.0 Å². The van der Waals surface area contributed by atoms with Gasteiger partial charge in [0.2, 0.25) is 11.5 Å². The van der Waals surface area contributed by atoms with Gasteiger partial charge in [0.15, 0.2) is 0 Å². The number of nitrogens with zero attached hydrogens (tertiary/aromatic N) is 3. The Balaban J connectivity index is 1.77. The molecule has 2 atom stereocenters. The molecule has 3 heterocycles. The van der Waals surface area contributed by atoms with E-state index in [-0.39, 0.29) is 11.0 Å². The Hall–Kier alpha value is -1.92. The lowest BCUT2D eigenvalue weighted by atomic mass is 10.0. The number of nitrogens with one attached hydrogen (secondary N) is 1. The number of quaternary nitrogens is 1. The minimum absolute atomic E-state index is 0.0946. The van der Waals surface area contributed by atoms with Gasteiger partial charge in [0.05, 0.1) is 37.1 Å². The molecule has 12 heteroatoms. The van der Waals surface area contributed by atoms with E-state index in [2.05, 4.69) is 38.3 Å². The third kappa shape index (κ3) is 4.26. The highest BCUT2D eigenvalue weighted by Gasteiger charge is 2.53. The SMILES string of the molecule is CO/N=C(/C(=O)CBr)C(=O)N[C@@H]1C(=O)N2C(C(=O)[O-])=C(C[N+]3(C)CCCC3)CS[C@H]12. The van der Waals surface area contributed by atoms with Crippen LogP contribution in [-0.4, -0.2) is 95.0 Å². The quantitative estimate of drug-likeness (QED) is 0.108. The number of fused-ring (bicyclic) bond motifs is 1. The van der Waals surface area contributed by atoms with E-state index in [4.69, 9.17) is 0 Å². The molecule has 3 aliphatic rings. The number of ketones is 1. The lowest BCUT2D eigenvalue weighted by Crippen LogP contribution is -2.72. The maximum atomic E-state index is 12.7. The maximum absolute atomic E-state index is 12.7. The van der Waals surface area contributed by atoms with Crippen molar-refractivity contribution in [2.75, 3.05) is 44.9 Å². The van der Waals surface area contributed by atoms with Gasteiger partial charge >= 0.3 is 0 Å². The molecule has 30 heavy (non-hydrogen) atoms. The smallest absolute Gasteiger partial charge is 0.277 e. The van der Waals surface area contributed by atoms with Crippen molar-refractivity contribution in [3.05, 3.63) is 11.3 Å². The molecule has 0 bridgehead atoms. The van der Waals surface area contributed by atoms with Crippen LogP contribution in [0.5, 0.6) is 0 Å². The van der Waals surface area contributed by atoms with Crippen LogP contribution in [0.4, 0.5) is 0 Å². The maximum Gasteiger partial charge on any atom is 0.277 e. The second-order valence-electron chi connectivity index (χ2n) is 7.71. The summed E-state index contributed by atoms with van der Waals surface area (Å²) >= 11 is 4.35. The number of carbonyl (C=O) groups excluding carboxylic acids is 4. The number of aliphatic carboxylic acids is 1. The van der Waals surface area contributed by atoms with Crippen LogP contribution in [0, 0.1) is 0 Å². The van der Waals surface area contributed by atoms with Crippen LogP contribution in [-0.2, 0) is 24.0 Å². The Morgan fingerprint density at radius 1 is 1.37 bits per heavy atom. The van der Waals surface area contributed by atoms with Gasteiger partial charge in [-0.25, -0.2) is 0 Å². The molecular formula is C18H23BrN4O6S. The van der Waals surface area contributed by atoms with Gasteiger partial charge in [0.25, 0.3) is 11.8 Å². The van der Waals surface area contributed by atoms with E-state index in [0.29, 0.717) is 17.9 Å². The van der Waals surface area contributed by atoms with E-state index >= 15 is 0 Å². The Kier molecular flexibility index (Phi) is 6.88. The van der Waals surface area contributed by atoms with Gasteiger partial charge in [-0.15, -0.1) is 11.8 Å². The Bertz CT molecular complexity index is 839. The molecule has 0 spiro atoms. The monoisotopic (exact) mass is 502 g/mol. The fourth-order valence-electron chi connectivity index (χ4n) is 4.09. The number of likely N-dealkylation sites (tertiary alicyclic amines) is 1. The van der Waals surface area contributed by atoms with Crippen LogP contribution in [0.15, 0.2) is 16.4 Å². The number of thioether (sulfide) groups is 1. The zero-order chi connectivity index (χ0) is 22.1. The molecular weight excluding hydrogens is 480 g/mol. The molecule has 3 aliphatic heterocycles. The average Bonchev–Trinajstić information content (AvgIpc) is 3.14. The van der Waals surface area contributed by atoms with E-state index in [1.165, 1.54) is 23.8 Å². The van der Waals surface area contributed by atoms with E-state index in [1.54, 1.807) is 0 Å². The molecule has 0 aliphatic carbocycles. The largest absolute Gasteiger partial charge is 0.543 e. The van der Waals surface area contributed by atoms with Gasteiger partial charge in [0.1, 0.15) is 25.1 Å². The lowest BCUT2D eigenvalue weighted by Gasteiger charge is -2.51. The molecule has 0 saturated carbocycles. The summed E-state index contributed by atoms with van der Waals surface area (Å²) in [6.07, 6.45) is 2.19. The number of Topliss-reactive ketones (excluding diaryl/α,β-unsaturated/α-hetero) is 1. The van der Waals surface area contributed by atoms with Gasteiger partial charge in [-0.1, -0.05) is 21.1 Å². The zero-order valence-corrected chi connectivity index (χ0v) is 19.1. The van der Waals surface area contributed by atoms with Crippen molar-refractivity contribution in [2.45, 2.75) is 24.3 Å². The Morgan fingerprint density at radius 2 is 2.03 bits per heavy atom. The van der Waals surface area contributed by atoms with Crippen molar-refractivity contribution < 1.29 is 33.6 Å². The predicted octanol–water partition coefficient (Wildman–Crippen LogP) is -1.40. The fraction of sp³-hybridized carbons (Fsp3) is 0.611. The topological polar surface area (TPSA) is 128 Å². The summed E-state index contributed by atoms with van der Waals surface area (Å²) in [7, 11) is 3.28. The fourth-order valence-corrected chi connectivity index (χ4v) is 5.69. The number of halogens is 1. The van der Waals surface area contributed by atoms with Crippen LogP contribution in [0.1, 0.15) is 12.8 Å². The molecule has 2 saturated heterocycles. The summed E-state index contributed by atoms with van der Waals surface area (Å²) in [6.45, 7) is 2.48. The lowest BCUT2D eigenvalue weighted by molar-refractivity contribution is -0.893. The normalized spacial score (nSPS) is 25.5. The summed E-state index contributed by atoms with van der Waals surface area (Å²) in [5.41, 5.74) is 0.113. The molecule has 0 radical (unpaired) electrons. The summed E-state index contributed by atoms with van der Waals surface area (Å²) in [5.74, 6) is -2.97. The van der Waals surface area contributed by atoms with Crippen molar-refractivity contribution in [3.8, 4) is 0 Å². The third-order valence-electron chi connectivity index (χ3n) is 5.53. The summed E-state index contributed by atoms with van der Waals surface area (Å²) < 4.78 is 0.741. The summed E-state index contributed by atoms with van der Waals surface area (Å²) in [5, 5.41) is 17.1. The van der Waals surface area contributed by atoms with Crippen molar-refractivity contribution in [1.29, 1.82) is 0 Å². The molecule has 0 unspecified atom stereocenters. The molecule has 1 N–H and O–H groups in total. The minimum atomic E-state index is -1.39. The Labute approximate surface area is 186 Å². The number of amides is 2. The van der Waals surface area contributed by atoms with Crippen LogP contribution in [0.25, 0.3) is 0 Å². The molecule has 0 aromatic rings. The minimum Gasteiger partial charge on any atom is -0.543 e. The van der Waals surface area contributed by atoms with Gasteiger partial charge < -0.3 is 24.5 Å². The molecule has 164 valence electrons. The van der Waals surface area contributed by atoms with Crippen LogP contribution in [0.2, 0.25) is 0 Å². The third-order valence-corrected chi connectivity index (χ3v) is 7.38. The summed E-state index contributed by atoms with van der Waals surface area (Å²) in [6, 6.07) is -0.958. The van der Waals surface area contributed by atoms with E-state index in [9.17, 15) is 24.3 Å². The zero-order valence-electron chi connectivity index (χ0n) is 16.7. The highest BCUT2D eigenvalue weighted by molar-refractivity contribution is 9.09. The highest BCUT2D eigenvalue weighted by atomic mass is 79.9. The second-order valence-corrected chi connectivity index (χ2v) is 9.38. The number of hydrogen-bond acceptors (Lipinski definition) is 8. The molecule has 2 amide bonds. The van der Waals surface area contributed by atoms with Crippen LogP contribution < -0.4 is 10.4 Å². The number of alkyl halides is 1. The van der Waals surface area contributed by atoms with Gasteiger partial charge in [-0.3, -0.25) is 19.3 Å². The first-order chi connectivity index (χ1) is 14.2. The number of carboxylic acid groups (broad SMARTS) is 1. The van der Waals surface area contributed by atoms with E-state index in [1.807, 2.05) is 0 Å². The van der Waals surface area contributed by atoms with Gasteiger partial charge in [0, 0.05) is 24.2 Å². The number of oxime groups is 1. The van der Waals surface area contributed by atoms with Gasteiger partial charge in [-0.05, 0) is 0 Å². The first-order valence-electron chi connectivity index (χ1n) is 9.45. The molecule has 2 fully saturated rings. The Morgan fingerprint density at radius 3 is 2.60 bits per heavy atom. The number of rotatable bonds is 8. The molecule has 10 nitrogen and oxygen atoms in total. The number of β-lactam (4-membered cyclic amide) rings is 1. The molecule has 0 aromatic carbocycles. The van der Waals surface area contributed by atoms with Gasteiger partial charge in [-0.2, -0.15) is 0 Å². The average molecular weight is 503 g/mol. The van der Waals surface area contributed by atoms with Crippen LogP contribution in [0.3, 0.4) is 0 Å². The highest BCUT2D eigenvalue weighted by Crippen LogP contribution is 2.41. The van der Waals surface area contributed by atoms with E-state index in [0.717, 1.165) is 30.4 Å². The number of hydrogen-bond donors (Lipinski definition) is 1. The summed E-state index contributed by atoms with van der Waals surface area (Å²) in [4.78, 5) is 54.6.